The van der Waals surface area contributed by atoms with Crippen molar-refractivity contribution in [2.75, 3.05) is 11.6 Å². The molecule has 188 valence electrons. The number of nitrogens with zero attached hydrogens (tertiary/aromatic N) is 3. The van der Waals surface area contributed by atoms with Crippen LogP contribution in [-0.4, -0.2) is 28.1 Å². The first-order valence-corrected chi connectivity index (χ1v) is 13.0. The summed E-state index contributed by atoms with van der Waals surface area (Å²) in [6.07, 6.45) is 12.5. The number of hydrogen-bond acceptors (Lipinski definition) is 8. The van der Waals surface area contributed by atoms with E-state index in [2.05, 4.69) is 21.4 Å². The van der Waals surface area contributed by atoms with E-state index in [-0.39, 0.29) is 11.4 Å². The quantitative estimate of drug-likeness (QED) is 0.152. The van der Waals surface area contributed by atoms with E-state index in [9.17, 15) is 4.79 Å². The Morgan fingerprint density at radius 1 is 1.31 bits per heavy atom. The largest absolute Gasteiger partial charge is 0.403 e. The molecule has 0 saturated heterocycles. The van der Waals surface area contributed by atoms with Gasteiger partial charge in [-0.15, -0.1) is 0 Å². The van der Waals surface area contributed by atoms with E-state index in [4.69, 9.17) is 22.6 Å². The van der Waals surface area contributed by atoms with Gasteiger partial charge in [0.15, 0.2) is 0 Å². The predicted molar refractivity (Wildman–Crippen MR) is 146 cm³/mol. The second-order valence-electron chi connectivity index (χ2n) is 8.25. The third-order valence-electron chi connectivity index (χ3n) is 5.42. The summed E-state index contributed by atoms with van der Waals surface area (Å²) in [5.74, 6) is 6.97. The van der Waals surface area contributed by atoms with Gasteiger partial charge >= 0.3 is 0 Å². The van der Waals surface area contributed by atoms with Crippen LogP contribution in [0.25, 0.3) is 0 Å². The van der Waals surface area contributed by atoms with Crippen LogP contribution in [0, 0.1) is 11.3 Å². The second-order valence-corrected chi connectivity index (χ2v) is 9.12. The van der Waals surface area contributed by atoms with Crippen molar-refractivity contribution in [2.45, 2.75) is 57.4 Å². The van der Waals surface area contributed by atoms with Gasteiger partial charge in [0.1, 0.15) is 11.4 Å². The highest BCUT2D eigenvalue weighted by Gasteiger charge is 2.18. The van der Waals surface area contributed by atoms with Crippen LogP contribution in [-0.2, 0) is 12.3 Å². The summed E-state index contributed by atoms with van der Waals surface area (Å²) < 4.78 is 0. The van der Waals surface area contributed by atoms with Gasteiger partial charge in [0.2, 0.25) is 0 Å². The van der Waals surface area contributed by atoms with E-state index >= 15 is 0 Å². The number of benzene rings is 1. The molecule has 0 aliphatic heterocycles. The molecule has 0 atom stereocenters. The number of aromatic amines is 1. The van der Waals surface area contributed by atoms with E-state index in [0.29, 0.717) is 23.8 Å². The Labute approximate surface area is 211 Å². The molecule has 1 fully saturated rings. The summed E-state index contributed by atoms with van der Waals surface area (Å²) >= 11 is 1.72. The molecule has 1 aliphatic rings. The fourth-order valence-electron chi connectivity index (χ4n) is 4.04. The van der Waals surface area contributed by atoms with Crippen LogP contribution in [0.5, 0.6) is 0 Å². The van der Waals surface area contributed by atoms with E-state index < -0.39 is 0 Å². The summed E-state index contributed by atoms with van der Waals surface area (Å²) in [5, 5.41) is 12.3. The van der Waals surface area contributed by atoms with Gasteiger partial charge in [0.05, 0.1) is 24.0 Å². The molecule has 9 nitrogen and oxygen atoms in total. The Balaban J connectivity index is 0.00000137. The summed E-state index contributed by atoms with van der Waals surface area (Å²) in [6, 6.07) is 9.94. The number of amidine groups is 1. The maximum Gasteiger partial charge on any atom is 0.261 e. The zero-order valence-corrected chi connectivity index (χ0v) is 21.3. The van der Waals surface area contributed by atoms with Gasteiger partial charge in [0, 0.05) is 37.3 Å². The first-order chi connectivity index (χ1) is 16.9. The predicted octanol–water partition coefficient (Wildman–Crippen LogP) is 3.65. The van der Waals surface area contributed by atoms with E-state index in [1.54, 1.807) is 30.2 Å². The SMILES string of the molecule is CC#N.CSCc1cc(CN(N)/C=C\N)cc(N=C(N)c2c(NC3CCCCC3)cc[nH]c2=O)c1. The summed E-state index contributed by atoms with van der Waals surface area (Å²) in [7, 11) is 0. The Morgan fingerprint density at radius 2 is 2.00 bits per heavy atom. The molecule has 1 saturated carbocycles. The molecular formula is C25H36N8OS. The minimum absolute atomic E-state index is 0.184. The van der Waals surface area contributed by atoms with Crippen molar-refractivity contribution in [1.82, 2.24) is 9.99 Å². The number of nitriles is 1. The highest BCUT2D eigenvalue weighted by molar-refractivity contribution is 7.97. The number of aliphatic imine (C=N–C) groups is 1. The smallest absolute Gasteiger partial charge is 0.261 e. The molecule has 1 heterocycles. The molecular weight excluding hydrogens is 460 g/mol. The van der Waals surface area contributed by atoms with Crippen LogP contribution in [0.15, 0.2) is 52.6 Å². The number of pyridine rings is 1. The molecule has 8 N–H and O–H groups in total. The molecule has 0 radical (unpaired) electrons. The minimum atomic E-state index is -0.256. The maximum absolute atomic E-state index is 12.7. The van der Waals surface area contributed by atoms with Crippen LogP contribution in [0.1, 0.15) is 55.7 Å². The number of hydrazine groups is 1. The molecule has 2 aromatic rings. The number of nitrogens with one attached hydrogen (secondary N) is 2. The van der Waals surface area contributed by atoms with Crippen molar-refractivity contribution in [3.05, 3.63) is 69.9 Å². The summed E-state index contributed by atoms with van der Waals surface area (Å²) in [5.41, 5.74) is 15.4. The van der Waals surface area contributed by atoms with Crippen LogP contribution < -0.4 is 28.2 Å². The van der Waals surface area contributed by atoms with E-state index in [1.165, 1.54) is 37.4 Å². The number of thioether (sulfide) groups is 1. The normalized spacial score (nSPS) is 14.2. The zero-order valence-electron chi connectivity index (χ0n) is 20.5. The standard InChI is InChI=1S/C23H33N7OS.C2H3N/c1-32-15-17-11-16(14-30(26)10-8-24)12-19(13-17)29-22(25)21-20(7-9-27-23(21)31)28-18-5-3-2-4-6-18;1-2-3/h7-13,18H,2-6,14-15,24,26H2,1H3,(H2,25,29)(H2,27,28,31);1H3/b10-8-;. The molecule has 1 aliphatic carbocycles. The Kier molecular flexibility index (Phi) is 11.7. The third-order valence-corrected chi connectivity index (χ3v) is 6.04. The van der Waals surface area contributed by atoms with Gasteiger partial charge in [0.25, 0.3) is 5.56 Å². The Morgan fingerprint density at radius 3 is 2.66 bits per heavy atom. The van der Waals surface area contributed by atoms with E-state index in [1.807, 2.05) is 24.5 Å². The van der Waals surface area contributed by atoms with Gasteiger partial charge in [-0.1, -0.05) is 25.3 Å². The molecule has 3 rings (SSSR count). The molecule has 0 unspecified atom stereocenters. The van der Waals surface area contributed by atoms with E-state index in [0.717, 1.165) is 35.4 Å². The third kappa shape index (κ3) is 9.03. The Bertz CT molecular complexity index is 1100. The van der Waals surface area contributed by atoms with Gasteiger partial charge in [-0.2, -0.15) is 17.0 Å². The molecule has 10 heteroatoms. The van der Waals surface area contributed by atoms with Crippen molar-refractivity contribution in [1.29, 1.82) is 5.26 Å². The van der Waals surface area contributed by atoms with Crippen molar-refractivity contribution in [3.8, 4) is 6.07 Å². The fourth-order valence-corrected chi connectivity index (χ4v) is 4.54. The molecule has 1 aromatic heterocycles. The summed E-state index contributed by atoms with van der Waals surface area (Å²) in [4.78, 5) is 20.0. The van der Waals surface area contributed by atoms with Gasteiger partial charge < -0.3 is 26.8 Å². The van der Waals surface area contributed by atoms with Crippen molar-refractivity contribution >= 4 is 29.0 Å². The highest BCUT2D eigenvalue weighted by atomic mass is 32.2. The average Bonchev–Trinajstić information content (AvgIpc) is 2.80. The first-order valence-electron chi connectivity index (χ1n) is 11.6. The fraction of sp³-hybridized carbons (Fsp3) is 0.400. The highest BCUT2D eigenvalue weighted by Crippen LogP contribution is 2.25. The number of aromatic nitrogens is 1. The van der Waals surface area contributed by atoms with Crippen LogP contribution in [0.4, 0.5) is 11.4 Å². The maximum atomic E-state index is 12.7. The lowest BCUT2D eigenvalue weighted by atomic mass is 9.95. The van der Waals surface area contributed by atoms with Crippen molar-refractivity contribution in [2.24, 2.45) is 22.3 Å². The Hall–Kier alpha value is -3.42. The molecule has 1 aromatic carbocycles. The number of hydrogen-bond donors (Lipinski definition) is 5. The molecule has 0 bridgehead atoms. The van der Waals surface area contributed by atoms with Crippen LogP contribution >= 0.6 is 11.8 Å². The lowest BCUT2D eigenvalue weighted by Gasteiger charge is -2.24. The monoisotopic (exact) mass is 496 g/mol. The zero-order chi connectivity index (χ0) is 25.6. The summed E-state index contributed by atoms with van der Waals surface area (Å²) in [6.45, 7) is 1.90. The van der Waals surface area contributed by atoms with Crippen molar-refractivity contribution in [3.63, 3.8) is 0 Å². The molecule has 35 heavy (non-hydrogen) atoms. The average molecular weight is 497 g/mol. The number of rotatable bonds is 9. The van der Waals surface area contributed by atoms with Crippen LogP contribution in [0.2, 0.25) is 0 Å². The van der Waals surface area contributed by atoms with Gasteiger partial charge in [-0.05, 0) is 48.4 Å². The first kappa shape index (κ1) is 27.8. The topological polar surface area (TPSA) is 162 Å². The van der Waals surface area contributed by atoms with Crippen molar-refractivity contribution < 1.29 is 0 Å². The number of H-pyrrole nitrogens is 1. The second kappa shape index (κ2) is 14.8. The van der Waals surface area contributed by atoms with Crippen LogP contribution in [0.3, 0.4) is 0 Å². The number of anilines is 1. The number of nitrogens with two attached hydrogens (primary N) is 3. The minimum Gasteiger partial charge on any atom is -0.403 e. The van der Waals surface area contributed by atoms with Gasteiger partial charge in [-0.3, -0.25) is 4.79 Å². The molecule has 0 amide bonds. The lowest BCUT2D eigenvalue weighted by Crippen LogP contribution is -2.29. The van der Waals surface area contributed by atoms with Gasteiger partial charge in [-0.25, -0.2) is 10.8 Å². The molecule has 0 spiro atoms. The lowest BCUT2D eigenvalue weighted by molar-refractivity contribution is 0.386.